The van der Waals surface area contributed by atoms with Crippen LogP contribution in [0.15, 0.2) is 29.1 Å². The Bertz CT molecular complexity index is 804. The predicted octanol–water partition coefficient (Wildman–Crippen LogP) is -0.00410. The number of hydrogen-bond acceptors (Lipinski definition) is 5. The Kier molecular flexibility index (Phi) is 3.48. The Hall–Kier alpha value is -2.41. The fraction of sp³-hybridized carbons (Fsp3) is 0.0833. The highest BCUT2D eigenvalue weighted by molar-refractivity contribution is 7.07. The van der Waals surface area contributed by atoms with Gasteiger partial charge in [-0.15, -0.1) is 11.3 Å². The van der Waals surface area contributed by atoms with E-state index in [9.17, 15) is 20.0 Å². The third kappa shape index (κ3) is 2.71. The number of nitro groups is 1. The van der Waals surface area contributed by atoms with Crippen molar-refractivity contribution in [3.8, 4) is 5.75 Å². The van der Waals surface area contributed by atoms with Crippen LogP contribution in [0.2, 0.25) is 0 Å². The van der Waals surface area contributed by atoms with Crippen LogP contribution in [-0.2, 0) is 7.05 Å². The summed E-state index contributed by atoms with van der Waals surface area (Å²) < 4.78 is 1.79. The van der Waals surface area contributed by atoms with Crippen LogP contribution >= 0.6 is 11.3 Å². The molecule has 0 fully saturated rings. The van der Waals surface area contributed by atoms with Gasteiger partial charge in [0.1, 0.15) is 5.75 Å². The number of aromatic hydroxyl groups is 1. The summed E-state index contributed by atoms with van der Waals surface area (Å²) in [6.45, 7) is 0. The Labute approximate surface area is 111 Å². The van der Waals surface area contributed by atoms with Crippen LogP contribution in [0.3, 0.4) is 0 Å². The van der Waals surface area contributed by atoms with Gasteiger partial charge in [0.2, 0.25) is 0 Å². The Morgan fingerprint density at radius 3 is 2.74 bits per heavy atom. The highest BCUT2D eigenvalue weighted by Gasteiger charge is 2.04. The van der Waals surface area contributed by atoms with Crippen LogP contribution in [0, 0.1) is 10.1 Å². The molecule has 0 saturated carbocycles. The first-order valence-electron chi connectivity index (χ1n) is 5.30. The Morgan fingerprint density at radius 1 is 1.42 bits per heavy atom. The molecule has 0 atom stereocenters. The molecule has 0 unspecified atom stereocenters. The number of phenols is 1. The van der Waals surface area contributed by atoms with E-state index in [1.165, 1.54) is 23.8 Å². The van der Waals surface area contributed by atoms with E-state index >= 15 is 0 Å². The molecule has 1 heterocycles. The number of para-hydroxylation sites is 1. The van der Waals surface area contributed by atoms with Gasteiger partial charge in [0.15, 0.2) is 4.66 Å². The van der Waals surface area contributed by atoms with Crippen molar-refractivity contribution in [2.24, 2.45) is 7.05 Å². The monoisotopic (exact) mass is 278 g/mol. The van der Waals surface area contributed by atoms with Crippen molar-refractivity contribution in [3.05, 3.63) is 59.5 Å². The standard InChI is InChI=1S/C12H10N2O4S/c1-13-11(7-14(17)18)19-10(12(13)16)6-8-4-2-3-5-9(8)15/h2-7,15H,1H3/b10-6+,11-7+. The Balaban J connectivity index is 2.69. The van der Waals surface area contributed by atoms with E-state index in [1.54, 1.807) is 18.2 Å². The molecule has 0 spiro atoms. The van der Waals surface area contributed by atoms with E-state index < -0.39 is 4.92 Å². The van der Waals surface area contributed by atoms with Gasteiger partial charge in [-0.25, -0.2) is 0 Å². The minimum absolute atomic E-state index is 0.0535. The SMILES string of the molecule is Cn1c(=O)/c(=C\c2ccccc2O)s/c1=C/[N+](=O)[O-]. The van der Waals surface area contributed by atoms with E-state index in [0.717, 1.165) is 17.5 Å². The second-order valence-electron chi connectivity index (χ2n) is 3.79. The molecule has 7 heteroatoms. The van der Waals surface area contributed by atoms with Crippen molar-refractivity contribution in [2.45, 2.75) is 0 Å². The number of benzene rings is 1. The largest absolute Gasteiger partial charge is 0.507 e. The molecule has 0 aliphatic carbocycles. The number of hydrogen-bond donors (Lipinski definition) is 1. The molecule has 1 aromatic heterocycles. The number of aromatic nitrogens is 1. The minimum atomic E-state index is -0.602. The first-order chi connectivity index (χ1) is 8.99. The molecule has 0 bridgehead atoms. The van der Waals surface area contributed by atoms with E-state index in [-0.39, 0.29) is 16.0 Å². The maximum atomic E-state index is 11.9. The van der Waals surface area contributed by atoms with Gasteiger partial charge in [-0.05, 0) is 12.1 Å². The van der Waals surface area contributed by atoms with Crippen LogP contribution in [0.4, 0.5) is 0 Å². The second kappa shape index (κ2) is 5.07. The van der Waals surface area contributed by atoms with E-state index in [0.29, 0.717) is 10.1 Å². The highest BCUT2D eigenvalue weighted by atomic mass is 32.1. The zero-order chi connectivity index (χ0) is 14.0. The van der Waals surface area contributed by atoms with E-state index in [2.05, 4.69) is 0 Å². The first kappa shape index (κ1) is 13.0. The normalized spacial score (nSPS) is 12.9. The molecule has 0 amide bonds. The lowest BCUT2D eigenvalue weighted by Gasteiger charge is -1.95. The van der Waals surface area contributed by atoms with Crippen LogP contribution in [0.25, 0.3) is 12.3 Å². The lowest BCUT2D eigenvalue weighted by molar-refractivity contribution is -0.363. The lowest BCUT2D eigenvalue weighted by Crippen LogP contribution is -2.29. The predicted molar refractivity (Wildman–Crippen MR) is 71.9 cm³/mol. The summed E-state index contributed by atoms with van der Waals surface area (Å²) in [6.07, 6.45) is 2.30. The van der Waals surface area contributed by atoms with Crippen LogP contribution in [-0.4, -0.2) is 14.6 Å². The van der Waals surface area contributed by atoms with E-state index in [4.69, 9.17) is 0 Å². The van der Waals surface area contributed by atoms with Crippen molar-refractivity contribution < 1.29 is 10.0 Å². The van der Waals surface area contributed by atoms with Gasteiger partial charge < -0.3 is 5.11 Å². The molecule has 6 nitrogen and oxygen atoms in total. The summed E-state index contributed by atoms with van der Waals surface area (Å²) in [5.41, 5.74) is 0.162. The van der Waals surface area contributed by atoms with Crippen molar-refractivity contribution in [2.75, 3.05) is 0 Å². The number of thiazole rings is 1. The number of nitrogens with zero attached hydrogens (tertiary/aromatic N) is 2. The van der Waals surface area contributed by atoms with Gasteiger partial charge in [0.05, 0.1) is 9.46 Å². The van der Waals surface area contributed by atoms with Crippen molar-refractivity contribution >= 4 is 23.6 Å². The van der Waals surface area contributed by atoms with Crippen LogP contribution < -0.4 is 14.8 Å². The maximum absolute atomic E-state index is 11.9. The maximum Gasteiger partial charge on any atom is 0.268 e. The molecule has 2 rings (SSSR count). The summed E-state index contributed by atoms with van der Waals surface area (Å²) in [6, 6.07) is 6.57. The molecule has 1 aromatic carbocycles. The quantitative estimate of drug-likeness (QED) is 0.618. The summed E-state index contributed by atoms with van der Waals surface area (Å²) in [7, 11) is 1.47. The van der Waals surface area contributed by atoms with Gasteiger partial charge in [-0.2, -0.15) is 0 Å². The molecule has 0 radical (unpaired) electrons. The van der Waals surface area contributed by atoms with Crippen molar-refractivity contribution in [3.63, 3.8) is 0 Å². The number of rotatable bonds is 2. The smallest absolute Gasteiger partial charge is 0.268 e. The van der Waals surface area contributed by atoms with Gasteiger partial charge in [-0.1, -0.05) is 18.2 Å². The third-order valence-corrected chi connectivity index (χ3v) is 3.60. The Morgan fingerprint density at radius 2 is 2.11 bits per heavy atom. The van der Waals surface area contributed by atoms with Gasteiger partial charge in [0.25, 0.3) is 11.8 Å². The average molecular weight is 278 g/mol. The fourth-order valence-corrected chi connectivity index (χ4v) is 2.53. The van der Waals surface area contributed by atoms with Crippen molar-refractivity contribution in [1.29, 1.82) is 0 Å². The summed E-state index contributed by atoms with van der Waals surface area (Å²) >= 11 is 1.00. The first-order valence-corrected chi connectivity index (χ1v) is 6.11. The molecular weight excluding hydrogens is 268 g/mol. The zero-order valence-corrected chi connectivity index (χ0v) is 10.8. The molecule has 98 valence electrons. The molecule has 2 aromatic rings. The fourth-order valence-electron chi connectivity index (χ4n) is 1.54. The molecule has 0 aliphatic rings. The second-order valence-corrected chi connectivity index (χ2v) is 4.85. The molecular formula is C12H10N2O4S. The van der Waals surface area contributed by atoms with E-state index in [1.807, 2.05) is 0 Å². The van der Waals surface area contributed by atoms with Gasteiger partial charge in [-0.3, -0.25) is 19.5 Å². The van der Waals surface area contributed by atoms with Crippen LogP contribution in [0.1, 0.15) is 5.56 Å². The molecule has 0 aliphatic heterocycles. The topological polar surface area (TPSA) is 85.4 Å². The van der Waals surface area contributed by atoms with Crippen molar-refractivity contribution in [1.82, 2.24) is 4.57 Å². The molecule has 1 N–H and O–H groups in total. The number of phenolic OH excluding ortho intramolecular Hbond substituents is 1. The lowest BCUT2D eigenvalue weighted by atomic mass is 10.2. The summed E-state index contributed by atoms with van der Waals surface area (Å²) in [5.74, 6) is 0.0535. The minimum Gasteiger partial charge on any atom is -0.507 e. The average Bonchev–Trinajstić information content (AvgIpc) is 2.60. The molecule has 19 heavy (non-hydrogen) atoms. The van der Waals surface area contributed by atoms with Crippen LogP contribution in [0.5, 0.6) is 5.75 Å². The van der Waals surface area contributed by atoms with Gasteiger partial charge in [0, 0.05) is 12.6 Å². The van der Waals surface area contributed by atoms with Gasteiger partial charge >= 0.3 is 0 Å². The summed E-state index contributed by atoms with van der Waals surface area (Å²) in [5, 5.41) is 20.1. The third-order valence-electron chi connectivity index (χ3n) is 2.50. The molecule has 0 saturated heterocycles. The summed E-state index contributed by atoms with van der Waals surface area (Å²) in [4.78, 5) is 21.7. The zero-order valence-electron chi connectivity index (χ0n) is 9.94. The highest BCUT2D eigenvalue weighted by Crippen LogP contribution is 2.15.